The number of hydrogen-bond donors (Lipinski definition) is 1. The maximum absolute atomic E-state index is 13.5. The second kappa shape index (κ2) is 9.41. The van der Waals surface area contributed by atoms with E-state index in [1.807, 2.05) is 12.1 Å². The van der Waals surface area contributed by atoms with Crippen molar-refractivity contribution in [2.45, 2.75) is 12.5 Å². The molecule has 0 saturated carbocycles. The zero-order chi connectivity index (χ0) is 19.9. The van der Waals surface area contributed by atoms with Crippen molar-refractivity contribution >= 4 is 11.8 Å². The zero-order valence-corrected chi connectivity index (χ0v) is 16.0. The highest BCUT2D eigenvalue weighted by Gasteiger charge is 2.21. The molecule has 6 nitrogen and oxygen atoms in total. The average Bonchev–Trinajstić information content (AvgIpc) is 2.71. The topological polar surface area (TPSA) is 68.0 Å². The van der Waals surface area contributed by atoms with Crippen LogP contribution in [0.5, 0.6) is 5.75 Å². The Morgan fingerprint density at radius 2 is 1.86 bits per heavy atom. The Morgan fingerprint density at radius 3 is 2.46 bits per heavy atom. The summed E-state index contributed by atoms with van der Waals surface area (Å²) in [7, 11) is 1.66. The Bertz CT molecular complexity index is 777. The van der Waals surface area contributed by atoms with E-state index >= 15 is 0 Å². The van der Waals surface area contributed by atoms with Gasteiger partial charge in [-0.25, -0.2) is 9.18 Å². The molecule has 28 heavy (non-hydrogen) atoms. The van der Waals surface area contributed by atoms with Crippen molar-refractivity contribution in [2.75, 3.05) is 44.7 Å². The Labute approximate surface area is 164 Å². The molecule has 7 heteroatoms. The molecule has 0 radical (unpaired) electrons. The van der Waals surface area contributed by atoms with Crippen LogP contribution in [0.1, 0.15) is 18.1 Å². The average molecular weight is 387 g/mol. The number of primary amides is 1. The predicted molar refractivity (Wildman–Crippen MR) is 106 cm³/mol. The standard InChI is InChI=1S/C21H26FN3O3/c1-27-19-7-5-18(6-8-19)25-13-11-24(12-14-25)10-9-20(28-21(23)26)16-3-2-4-17(22)15-16/h2-8,15,20H,9-14H2,1H3,(H2,23,26). The van der Waals surface area contributed by atoms with Gasteiger partial charge in [-0.05, 0) is 42.0 Å². The van der Waals surface area contributed by atoms with Crippen LogP contribution in [0, 0.1) is 5.82 Å². The fourth-order valence-corrected chi connectivity index (χ4v) is 3.46. The second-order valence-corrected chi connectivity index (χ2v) is 6.80. The summed E-state index contributed by atoms with van der Waals surface area (Å²) in [5, 5.41) is 0. The minimum absolute atomic E-state index is 0.358. The van der Waals surface area contributed by atoms with Crippen molar-refractivity contribution in [3.05, 3.63) is 59.9 Å². The van der Waals surface area contributed by atoms with Gasteiger partial charge < -0.3 is 20.1 Å². The molecule has 1 aliphatic heterocycles. The fourth-order valence-electron chi connectivity index (χ4n) is 3.46. The molecule has 0 aliphatic carbocycles. The molecule has 1 amide bonds. The Morgan fingerprint density at radius 1 is 1.14 bits per heavy atom. The van der Waals surface area contributed by atoms with Crippen molar-refractivity contribution in [3.63, 3.8) is 0 Å². The summed E-state index contributed by atoms with van der Waals surface area (Å²) in [6, 6.07) is 14.2. The summed E-state index contributed by atoms with van der Waals surface area (Å²) in [6.45, 7) is 4.36. The predicted octanol–water partition coefficient (Wildman–Crippen LogP) is 3.18. The van der Waals surface area contributed by atoms with Crippen LogP contribution in [-0.4, -0.2) is 50.8 Å². The normalized spacial score (nSPS) is 15.9. The van der Waals surface area contributed by atoms with Gasteiger partial charge in [0, 0.05) is 44.8 Å². The van der Waals surface area contributed by atoms with E-state index in [-0.39, 0.29) is 5.82 Å². The zero-order valence-electron chi connectivity index (χ0n) is 16.0. The van der Waals surface area contributed by atoms with Crippen LogP contribution in [-0.2, 0) is 4.74 Å². The van der Waals surface area contributed by atoms with Gasteiger partial charge in [0.05, 0.1) is 7.11 Å². The number of hydrogen-bond acceptors (Lipinski definition) is 5. The molecular formula is C21H26FN3O3. The number of rotatable bonds is 7. The Kier molecular flexibility index (Phi) is 6.71. The monoisotopic (exact) mass is 387 g/mol. The summed E-state index contributed by atoms with van der Waals surface area (Å²) < 4.78 is 23.9. The van der Waals surface area contributed by atoms with E-state index in [0.717, 1.165) is 38.5 Å². The number of ether oxygens (including phenoxy) is 2. The number of carbonyl (C=O) groups excluding carboxylic acids is 1. The summed E-state index contributed by atoms with van der Waals surface area (Å²) in [5.41, 5.74) is 6.99. The van der Waals surface area contributed by atoms with Gasteiger partial charge in [-0.1, -0.05) is 12.1 Å². The molecule has 2 aromatic rings. The number of piperazine rings is 1. The highest BCUT2D eigenvalue weighted by atomic mass is 19.1. The first-order valence-corrected chi connectivity index (χ1v) is 9.38. The molecule has 2 N–H and O–H groups in total. The fraction of sp³-hybridized carbons (Fsp3) is 0.381. The lowest BCUT2D eigenvalue weighted by atomic mass is 10.1. The molecular weight excluding hydrogens is 361 g/mol. The Hall–Kier alpha value is -2.80. The molecule has 3 rings (SSSR count). The first kappa shape index (κ1) is 19.9. The lowest BCUT2D eigenvalue weighted by Crippen LogP contribution is -2.46. The number of carbonyl (C=O) groups is 1. The maximum Gasteiger partial charge on any atom is 0.405 e. The summed E-state index contributed by atoms with van der Waals surface area (Å²) in [4.78, 5) is 15.9. The molecule has 1 unspecified atom stereocenters. The smallest absolute Gasteiger partial charge is 0.405 e. The van der Waals surface area contributed by atoms with Crippen LogP contribution >= 0.6 is 0 Å². The van der Waals surface area contributed by atoms with E-state index in [1.54, 1.807) is 19.2 Å². The molecule has 1 atom stereocenters. The largest absolute Gasteiger partial charge is 0.497 e. The SMILES string of the molecule is COc1ccc(N2CCN(CCC(OC(N)=O)c3cccc(F)c3)CC2)cc1. The van der Waals surface area contributed by atoms with Crippen LogP contribution in [0.3, 0.4) is 0 Å². The van der Waals surface area contributed by atoms with Crippen LogP contribution in [0.25, 0.3) is 0 Å². The highest BCUT2D eigenvalue weighted by Crippen LogP contribution is 2.24. The molecule has 0 aromatic heterocycles. The van der Waals surface area contributed by atoms with Crippen molar-refractivity contribution in [1.82, 2.24) is 4.90 Å². The first-order valence-electron chi connectivity index (χ1n) is 9.38. The third-order valence-electron chi connectivity index (χ3n) is 5.00. The third-order valence-corrected chi connectivity index (χ3v) is 5.00. The van der Waals surface area contributed by atoms with Crippen molar-refractivity contribution in [3.8, 4) is 5.75 Å². The lowest BCUT2D eigenvalue weighted by Gasteiger charge is -2.36. The van der Waals surface area contributed by atoms with Crippen molar-refractivity contribution in [1.29, 1.82) is 0 Å². The number of nitrogens with zero attached hydrogens (tertiary/aromatic N) is 2. The van der Waals surface area contributed by atoms with E-state index < -0.39 is 12.2 Å². The minimum Gasteiger partial charge on any atom is -0.497 e. The number of nitrogens with two attached hydrogens (primary N) is 1. The van der Waals surface area contributed by atoms with E-state index in [9.17, 15) is 9.18 Å². The van der Waals surface area contributed by atoms with Crippen LogP contribution in [0.4, 0.5) is 14.9 Å². The Balaban J connectivity index is 1.53. The van der Waals surface area contributed by atoms with Gasteiger partial charge in [-0.2, -0.15) is 0 Å². The van der Waals surface area contributed by atoms with Gasteiger partial charge in [-0.15, -0.1) is 0 Å². The number of methoxy groups -OCH3 is 1. The maximum atomic E-state index is 13.5. The van der Waals surface area contributed by atoms with Crippen LogP contribution in [0.2, 0.25) is 0 Å². The molecule has 1 aliphatic rings. The molecule has 2 aromatic carbocycles. The first-order chi connectivity index (χ1) is 13.5. The number of halogens is 1. The second-order valence-electron chi connectivity index (χ2n) is 6.80. The minimum atomic E-state index is -0.849. The third kappa shape index (κ3) is 5.36. The molecule has 1 saturated heterocycles. The summed E-state index contributed by atoms with van der Waals surface area (Å²) in [5.74, 6) is 0.490. The van der Waals surface area contributed by atoms with Gasteiger partial charge in [0.25, 0.3) is 0 Å². The highest BCUT2D eigenvalue weighted by molar-refractivity contribution is 5.65. The van der Waals surface area contributed by atoms with Crippen molar-refractivity contribution in [2.24, 2.45) is 5.73 Å². The van der Waals surface area contributed by atoms with Gasteiger partial charge >= 0.3 is 6.09 Å². The van der Waals surface area contributed by atoms with E-state index in [2.05, 4.69) is 21.9 Å². The van der Waals surface area contributed by atoms with Crippen LogP contribution < -0.4 is 15.4 Å². The molecule has 0 spiro atoms. The van der Waals surface area contributed by atoms with Gasteiger partial charge in [-0.3, -0.25) is 4.90 Å². The van der Waals surface area contributed by atoms with E-state index in [0.29, 0.717) is 12.0 Å². The van der Waals surface area contributed by atoms with Gasteiger partial charge in [0.1, 0.15) is 17.7 Å². The van der Waals surface area contributed by atoms with E-state index in [1.165, 1.54) is 17.8 Å². The molecule has 0 bridgehead atoms. The molecule has 1 heterocycles. The number of anilines is 1. The number of benzene rings is 2. The number of amides is 1. The summed E-state index contributed by atoms with van der Waals surface area (Å²) >= 11 is 0. The van der Waals surface area contributed by atoms with E-state index in [4.69, 9.17) is 15.2 Å². The quantitative estimate of drug-likeness (QED) is 0.790. The van der Waals surface area contributed by atoms with Crippen LogP contribution in [0.15, 0.2) is 48.5 Å². The lowest BCUT2D eigenvalue weighted by molar-refractivity contribution is 0.0909. The van der Waals surface area contributed by atoms with Gasteiger partial charge in [0.15, 0.2) is 0 Å². The molecule has 150 valence electrons. The van der Waals surface area contributed by atoms with Gasteiger partial charge in [0.2, 0.25) is 0 Å². The summed E-state index contributed by atoms with van der Waals surface area (Å²) in [6.07, 6.45) is -0.832. The molecule has 1 fully saturated rings. The van der Waals surface area contributed by atoms with Crippen molar-refractivity contribution < 1.29 is 18.7 Å².